The average molecular weight is 369 g/mol. The summed E-state index contributed by atoms with van der Waals surface area (Å²) in [4.78, 5) is 4.06. The van der Waals surface area contributed by atoms with E-state index in [2.05, 4.69) is 25.6 Å². The largest absolute Gasteiger partial charge is 0.262 e. The van der Waals surface area contributed by atoms with Crippen LogP contribution in [0.3, 0.4) is 0 Å². The van der Waals surface area contributed by atoms with Gasteiger partial charge in [0.05, 0.1) is 0 Å². The number of pyridine rings is 1. The van der Waals surface area contributed by atoms with E-state index >= 15 is 0 Å². The number of benzene rings is 1. The van der Waals surface area contributed by atoms with Crippen LogP contribution in [0, 0.1) is 0 Å². The molecular formula is C15H17BrN2O2S. The van der Waals surface area contributed by atoms with Crippen molar-refractivity contribution in [2.75, 3.05) is 0 Å². The highest BCUT2D eigenvalue weighted by Gasteiger charge is 2.17. The summed E-state index contributed by atoms with van der Waals surface area (Å²) < 4.78 is 27.8. The minimum Gasteiger partial charge on any atom is -0.262 e. The van der Waals surface area contributed by atoms with Crippen LogP contribution in [0.4, 0.5) is 0 Å². The van der Waals surface area contributed by atoms with Crippen LogP contribution in [0.1, 0.15) is 18.9 Å². The Morgan fingerprint density at radius 1 is 1.24 bits per heavy atom. The van der Waals surface area contributed by atoms with Gasteiger partial charge in [0.2, 0.25) is 10.0 Å². The van der Waals surface area contributed by atoms with E-state index in [9.17, 15) is 8.42 Å². The van der Waals surface area contributed by atoms with Crippen LogP contribution in [0.25, 0.3) is 0 Å². The van der Waals surface area contributed by atoms with Gasteiger partial charge in [-0.25, -0.2) is 13.1 Å². The van der Waals surface area contributed by atoms with Crippen LogP contribution in [0.2, 0.25) is 0 Å². The third-order valence-electron chi connectivity index (χ3n) is 3.06. The van der Waals surface area contributed by atoms with Gasteiger partial charge in [0.25, 0.3) is 0 Å². The molecule has 1 heterocycles. The van der Waals surface area contributed by atoms with E-state index in [1.807, 2.05) is 37.3 Å². The fourth-order valence-electron chi connectivity index (χ4n) is 1.96. The summed E-state index contributed by atoms with van der Waals surface area (Å²) in [6, 6.07) is 11.4. The van der Waals surface area contributed by atoms with Crippen molar-refractivity contribution in [1.82, 2.24) is 9.71 Å². The third-order valence-corrected chi connectivity index (χ3v) is 5.05. The second kappa shape index (κ2) is 7.15. The van der Waals surface area contributed by atoms with Crippen molar-refractivity contribution < 1.29 is 8.42 Å². The van der Waals surface area contributed by atoms with E-state index in [0.717, 1.165) is 12.8 Å². The fraction of sp³-hybridized carbons (Fsp3) is 0.267. The van der Waals surface area contributed by atoms with E-state index in [4.69, 9.17) is 0 Å². The first-order valence-corrected chi connectivity index (χ1v) is 8.92. The topological polar surface area (TPSA) is 59.1 Å². The van der Waals surface area contributed by atoms with Crippen LogP contribution in [0.5, 0.6) is 0 Å². The van der Waals surface area contributed by atoms with Gasteiger partial charge in [0.1, 0.15) is 4.90 Å². The summed E-state index contributed by atoms with van der Waals surface area (Å²) in [6.07, 6.45) is 4.47. The Bertz CT molecular complexity index is 690. The maximum Gasteiger partial charge on any atom is 0.242 e. The number of nitrogens with one attached hydrogen (secondary N) is 1. The SMILES string of the molecule is CC(CCc1ccccc1)NS(=O)(=O)c1cncc(Br)c1. The minimum atomic E-state index is -3.53. The molecule has 0 aliphatic rings. The molecule has 1 N–H and O–H groups in total. The number of aromatic nitrogens is 1. The van der Waals surface area contributed by atoms with E-state index < -0.39 is 10.0 Å². The van der Waals surface area contributed by atoms with Gasteiger partial charge in [0, 0.05) is 22.9 Å². The van der Waals surface area contributed by atoms with E-state index in [0.29, 0.717) is 4.47 Å². The highest BCUT2D eigenvalue weighted by molar-refractivity contribution is 9.10. The number of nitrogens with zero attached hydrogens (tertiary/aromatic N) is 1. The molecule has 6 heteroatoms. The zero-order valence-electron chi connectivity index (χ0n) is 11.7. The molecule has 112 valence electrons. The summed E-state index contributed by atoms with van der Waals surface area (Å²) in [5.41, 5.74) is 1.20. The Morgan fingerprint density at radius 3 is 2.62 bits per heavy atom. The monoisotopic (exact) mass is 368 g/mol. The molecule has 0 amide bonds. The number of rotatable bonds is 6. The number of sulfonamides is 1. The van der Waals surface area contributed by atoms with Gasteiger partial charge < -0.3 is 0 Å². The lowest BCUT2D eigenvalue weighted by molar-refractivity contribution is 0.546. The fourth-order valence-corrected chi connectivity index (χ4v) is 3.74. The van der Waals surface area contributed by atoms with Crippen molar-refractivity contribution in [3.8, 4) is 0 Å². The third kappa shape index (κ3) is 4.91. The predicted molar refractivity (Wildman–Crippen MR) is 86.5 cm³/mol. The van der Waals surface area contributed by atoms with Gasteiger partial charge in [-0.2, -0.15) is 0 Å². The molecule has 0 fully saturated rings. The smallest absolute Gasteiger partial charge is 0.242 e. The first-order valence-electron chi connectivity index (χ1n) is 6.64. The Balaban J connectivity index is 1.97. The average Bonchev–Trinajstić information content (AvgIpc) is 2.46. The molecule has 1 aromatic carbocycles. The molecule has 2 rings (SSSR count). The summed E-state index contributed by atoms with van der Waals surface area (Å²) in [5, 5.41) is 0. The lowest BCUT2D eigenvalue weighted by Crippen LogP contribution is -2.33. The quantitative estimate of drug-likeness (QED) is 0.851. The Morgan fingerprint density at radius 2 is 1.95 bits per heavy atom. The van der Waals surface area contributed by atoms with Crippen LogP contribution in [-0.2, 0) is 16.4 Å². The Labute approximate surface area is 133 Å². The highest BCUT2D eigenvalue weighted by atomic mass is 79.9. The standard InChI is InChI=1S/C15H17BrN2O2S/c1-12(7-8-13-5-3-2-4-6-13)18-21(19,20)15-9-14(16)10-17-11-15/h2-6,9-12,18H,7-8H2,1H3. The zero-order chi connectivity index (χ0) is 15.3. The molecule has 0 aliphatic carbocycles. The van der Waals surface area contributed by atoms with Crippen LogP contribution < -0.4 is 4.72 Å². The van der Waals surface area contributed by atoms with Gasteiger partial charge >= 0.3 is 0 Å². The maximum atomic E-state index is 12.2. The van der Waals surface area contributed by atoms with Crippen molar-refractivity contribution in [1.29, 1.82) is 0 Å². The molecule has 1 aromatic heterocycles. The Kier molecular flexibility index (Phi) is 5.50. The molecule has 0 spiro atoms. The van der Waals surface area contributed by atoms with E-state index in [-0.39, 0.29) is 10.9 Å². The first kappa shape index (κ1) is 16.1. The number of hydrogen-bond acceptors (Lipinski definition) is 3. The molecule has 1 atom stereocenters. The van der Waals surface area contributed by atoms with Gasteiger partial charge in [-0.05, 0) is 47.3 Å². The van der Waals surface area contributed by atoms with Gasteiger partial charge in [-0.15, -0.1) is 0 Å². The summed E-state index contributed by atoms with van der Waals surface area (Å²) in [6.45, 7) is 1.87. The second-order valence-corrected chi connectivity index (χ2v) is 7.52. The number of halogens is 1. The number of hydrogen-bond donors (Lipinski definition) is 1. The van der Waals surface area contributed by atoms with E-state index in [1.54, 1.807) is 12.3 Å². The molecule has 21 heavy (non-hydrogen) atoms. The molecule has 4 nitrogen and oxygen atoms in total. The minimum absolute atomic E-state index is 0.144. The van der Waals surface area contributed by atoms with Crippen molar-refractivity contribution in [2.24, 2.45) is 0 Å². The van der Waals surface area contributed by atoms with Gasteiger partial charge in [-0.1, -0.05) is 30.3 Å². The van der Waals surface area contributed by atoms with Gasteiger partial charge in [-0.3, -0.25) is 4.98 Å². The molecule has 0 saturated heterocycles. The molecule has 0 radical (unpaired) electrons. The lowest BCUT2D eigenvalue weighted by atomic mass is 10.1. The highest BCUT2D eigenvalue weighted by Crippen LogP contribution is 2.15. The molecule has 0 aliphatic heterocycles. The normalized spacial score (nSPS) is 13.0. The molecular weight excluding hydrogens is 352 g/mol. The van der Waals surface area contributed by atoms with Gasteiger partial charge in [0.15, 0.2) is 0 Å². The Hall–Kier alpha value is -1.24. The first-order chi connectivity index (χ1) is 9.97. The zero-order valence-corrected chi connectivity index (χ0v) is 14.1. The second-order valence-electron chi connectivity index (χ2n) is 4.89. The lowest BCUT2D eigenvalue weighted by Gasteiger charge is -2.14. The predicted octanol–water partition coefficient (Wildman–Crippen LogP) is 3.14. The van der Waals surface area contributed by atoms with Crippen molar-refractivity contribution >= 4 is 26.0 Å². The molecule has 1 unspecified atom stereocenters. The van der Waals surface area contributed by atoms with Crippen molar-refractivity contribution in [2.45, 2.75) is 30.7 Å². The van der Waals surface area contributed by atoms with Crippen molar-refractivity contribution in [3.63, 3.8) is 0 Å². The van der Waals surface area contributed by atoms with Crippen molar-refractivity contribution in [3.05, 3.63) is 58.8 Å². The summed E-state index contributed by atoms with van der Waals surface area (Å²) >= 11 is 3.23. The maximum absolute atomic E-state index is 12.2. The summed E-state index contributed by atoms with van der Waals surface area (Å²) in [7, 11) is -3.53. The number of aryl methyl sites for hydroxylation is 1. The molecule has 2 aromatic rings. The molecule has 0 saturated carbocycles. The van der Waals surface area contributed by atoms with Crippen LogP contribution >= 0.6 is 15.9 Å². The van der Waals surface area contributed by atoms with Crippen LogP contribution in [0.15, 0.2) is 58.2 Å². The van der Waals surface area contributed by atoms with Crippen LogP contribution in [-0.4, -0.2) is 19.4 Å². The van der Waals surface area contributed by atoms with E-state index in [1.165, 1.54) is 11.8 Å². The summed E-state index contributed by atoms with van der Waals surface area (Å²) in [5.74, 6) is 0. The molecule has 0 bridgehead atoms.